The molecule has 0 saturated heterocycles. The van der Waals surface area contributed by atoms with Crippen LogP contribution in [0.1, 0.15) is 5.56 Å². The van der Waals surface area contributed by atoms with E-state index in [0.29, 0.717) is 16.5 Å². The summed E-state index contributed by atoms with van der Waals surface area (Å²) in [5, 5.41) is 11.2. The van der Waals surface area contributed by atoms with E-state index in [4.69, 9.17) is 4.74 Å². The number of hydrogen-bond acceptors (Lipinski definition) is 5. The first-order chi connectivity index (χ1) is 13.9. The van der Waals surface area contributed by atoms with Gasteiger partial charge in [-0.2, -0.15) is 13.2 Å². The summed E-state index contributed by atoms with van der Waals surface area (Å²) in [5.41, 5.74) is 0.685. The van der Waals surface area contributed by atoms with Crippen LogP contribution in [-0.2, 0) is 11.0 Å². The molecule has 0 radical (unpaired) electrons. The molecule has 0 unspecified atom stereocenters. The first-order valence-electron chi connectivity index (χ1n) is 8.44. The van der Waals surface area contributed by atoms with Gasteiger partial charge in [0.05, 0.1) is 24.1 Å². The number of nitrogens with zero attached hydrogens (tertiary/aromatic N) is 2. The van der Waals surface area contributed by atoms with Gasteiger partial charge in [0, 0.05) is 11.3 Å². The predicted octanol–water partition coefficient (Wildman–Crippen LogP) is 4.90. The highest BCUT2D eigenvalue weighted by atomic mass is 32.2. The number of alkyl halides is 3. The summed E-state index contributed by atoms with van der Waals surface area (Å²) in [6.07, 6.45) is -4.46. The highest BCUT2D eigenvalue weighted by Gasteiger charge is 2.30. The number of amides is 1. The maximum atomic E-state index is 12.7. The Morgan fingerprint density at radius 1 is 1.07 bits per heavy atom. The van der Waals surface area contributed by atoms with Crippen LogP contribution in [0.4, 0.5) is 18.9 Å². The molecule has 5 nitrogen and oxygen atoms in total. The summed E-state index contributed by atoms with van der Waals surface area (Å²) >= 11 is 1.13. The van der Waals surface area contributed by atoms with Gasteiger partial charge in [-0.15, -0.1) is 10.2 Å². The molecular formula is C20H16F3N3O2S. The fraction of sp³-hybridized carbons (Fsp3) is 0.150. The number of rotatable bonds is 6. The molecule has 3 rings (SSSR count). The molecule has 1 amide bonds. The molecule has 0 fully saturated rings. The molecule has 0 atom stereocenters. The van der Waals surface area contributed by atoms with E-state index >= 15 is 0 Å². The van der Waals surface area contributed by atoms with Crippen molar-refractivity contribution >= 4 is 23.4 Å². The number of thioether (sulfide) groups is 1. The second kappa shape index (κ2) is 8.95. The van der Waals surface area contributed by atoms with Gasteiger partial charge < -0.3 is 10.1 Å². The lowest BCUT2D eigenvalue weighted by Gasteiger charge is -2.10. The summed E-state index contributed by atoms with van der Waals surface area (Å²) in [7, 11) is 1.57. The van der Waals surface area contributed by atoms with E-state index in [1.807, 2.05) is 24.3 Å². The average Bonchev–Trinajstić information content (AvgIpc) is 2.72. The third-order valence-corrected chi connectivity index (χ3v) is 4.77. The molecule has 0 saturated carbocycles. The summed E-state index contributed by atoms with van der Waals surface area (Å²) in [5.74, 6) is 0.214. The standard InChI is InChI=1S/C20H16F3N3O2S/c1-28-17-8-3-2-7-15(17)16-9-10-19(26-25-16)29-12-18(27)24-14-6-4-5-13(11-14)20(21,22)23/h2-11H,12H2,1H3,(H,24,27). The number of hydrogen-bond donors (Lipinski definition) is 1. The minimum atomic E-state index is -4.46. The van der Waals surface area contributed by atoms with Gasteiger partial charge in [0.2, 0.25) is 5.91 Å². The number of methoxy groups -OCH3 is 1. The number of benzene rings is 2. The van der Waals surface area contributed by atoms with Gasteiger partial charge in [0.15, 0.2) is 0 Å². The molecular weight excluding hydrogens is 403 g/mol. The lowest BCUT2D eigenvalue weighted by molar-refractivity contribution is -0.137. The van der Waals surface area contributed by atoms with Crippen LogP contribution >= 0.6 is 11.8 Å². The van der Waals surface area contributed by atoms with E-state index in [-0.39, 0.29) is 11.4 Å². The predicted molar refractivity (Wildman–Crippen MR) is 105 cm³/mol. The Kier molecular flexibility index (Phi) is 6.38. The Morgan fingerprint density at radius 2 is 1.86 bits per heavy atom. The number of carbonyl (C=O) groups excluding carboxylic acids is 1. The van der Waals surface area contributed by atoms with Crippen LogP contribution in [0.3, 0.4) is 0 Å². The van der Waals surface area contributed by atoms with Crippen LogP contribution in [0.15, 0.2) is 65.7 Å². The van der Waals surface area contributed by atoms with Crippen molar-refractivity contribution < 1.29 is 22.7 Å². The van der Waals surface area contributed by atoms with Crippen molar-refractivity contribution in [3.8, 4) is 17.0 Å². The van der Waals surface area contributed by atoms with Crippen LogP contribution in [0.2, 0.25) is 0 Å². The van der Waals surface area contributed by atoms with Gasteiger partial charge in [-0.05, 0) is 42.5 Å². The van der Waals surface area contributed by atoms with Crippen molar-refractivity contribution in [1.82, 2.24) is 10.2 Å². The lowest BCUT2D eigenvalue weighted by atomic mass is 10.1. The molecule has 1 heterocycles. The third-order valence-electron chi connectivity index (χ3n) is 3.85. The van der Waals surface area contributed by atoms with Gasteiger partial charge in [-0.3, -0.25) is 4.79 Å². The molecule has 0 spiro atoms. The van der Waals surface area contributed by atoms with Crippen LogP contribution in [0.5, 0.6) is 5.75 Å². The topological polar surface area (TPSA) is 64.1 Å². The minimum Gasteiger partial charge on any atom is -0.496 e. The van der Waals surface area contributed by atoms with Gasteiger partial charge >= 0.3 is 6.18 Å². The Hall–Kier alpha value is -3.07. The Morgan fingerprint density at radius 3 is 2.55 bits per heavy atom. The van der Waals surface area contributed by atoms with Crippen molar-refractivity contribution in [2.75, 3.05) is 18.2 Å². The smallest absolute Gasteiger partial charge is 0.416 e. The van der Waals surface area contributed by atoms with Crippen molar-refractivity contribution in [1.29, 1.82) is 0 Å². The van der Waals surface area contributed by atoms with Crippen LogP contribution in [-0.4, -0.2) is 29.0 Å². The van der Waals surface area contributed by atoms with E-state index in [1.54, 1.807) is 19.2 Å². The largest absolute Gasteiger partial charge is 0.496 e. The second-order valence-corrected chi connectivity index (χ2v) is 6.87. The van der Waals surface area contributed by atoms with Crippen molar-refractivity contribution in [2.24, 2.45) is 0 Å². The van der Waals surface area contributed by atoms with Gasteiger partial charge in [-0.25, -0.2) is 0 Å². The molecule has 150 valence electrons. The maximum Gasteiger partial charge on any atom is 0.416 e. The van der Waals surface area contributed by atoms with Gasteiger partial charge in [0.25, 0.3) is 0 Å². The zero-order valence-corrected chi connectivity index (χ0v) is 16.1. The van der Waals surface area contributed by atoms with Crippen LogP contribution in [0, 0.1) is 0 Å². The Labute approximate surface area is 169 Å². The van der Waals surface area contributed by atoms with Crippen molar-refractivity contribution in [2.45, 2.75) is 11.2 Å². The number of halogens is 3. The van der Waals surface area contributed by atoms with Crippen LogP contribution in [0.25, 0.3) is 11.3 Å². The number of para-hydroxylation sites is 1. The molecule has 2 aromatic carbocycles. The summed E-state index contributed by atoms with van der Waals surface area (Å²) in [4.78, 5) is 12.0. The molecule has 29 heavy (non-hydrogen) atoms. The first kappa shape index (κ1) is 20.7. The van der Waals surface area contributed by atoms with E-state index < -0.39 is 17.6 Å². The van der Waals surface area contributed by atoms with E-state index in [0.717, 1.165) is 29.5 Å². The quantitative estimate of drug-likeness (QED) is 0.576. The fourth-order valence-electron chi connectivity index (χ4n) is 2.51. The van der Waals surface area contributed by atoms with E-state index in [9.17, 15) is 18.0 Å². The molecule has 0 bridgehead atoms. The number of anilines is 1. The third kappa shape index (κ3) is 5.47. The lowest BCUT2D eigenvalue weighted by Crippen LogP contribution is -2.15. The van der Waals surface area contributed by atoms with Crippen molar-refractivity contribution in [3.05, 3.63) is 66.2 Å². The SMILES string of the molecule is COc1ccccc1-c1ccc(SCC(=O)Nc2cccc(C(F)(F)F)c2)nn1. The first-order valence-corrected chi connectivity index (χ1v) is 9.42. The molecule has 3 aromatic rings. The van der Waals surface area contributed by atoms with Crippen molar-refractivity contribution in [3.63, 3.8) is 0 Å². The summed E-state index contributed by atoms with van der Waals surface area (Å²) < 4.78 is 43.5. The summed E-state index contributed by atoms with van der Waals surface area (Å²) in [6, 6.07) is 15.4. The molecule has 1 aromatic heterocycles. The fourth-order valence-corrected chi connectivity index (χ4v) is 3.12. The molecule has 0 aliphatic carbocycles. The maximum absolute atomic E-state index is 12.7. The minimum absolute atomic E-state index is 0.0150. The van der Waals surface area contributed by atoms with E-state index in [2.05, 4.69) is 15.5 Å². The summed E-state index contributed by atoms with van der Waals surface area (Å²) in [6.45, 7) is 0. The molecule has 9 heteroatoms. The highest BCUT2D eigenvalue weighted by Crippen LogP contribution is 2.31. The molecule has 0 aliphatic heterocycles. The molecule has 1 N–H and O–H groups in total. The molecule has 0 aliphatic rings. The number of ether oxygens (including phenoxy) is 1. The van der Waals surface area contributed by atoms with E-state index in [1.165, 1.54) is 12.1 Å². The zero-order chi connectivity index (χ0) is 20.9. The average molecular weight is 419 g/mol. The number of carbonyl (C=O) groups is 1. The number of nitrogens with one attached hydrogen (secondary N) is 1. The normalized spacial score (nSPS) is 11.2. The van der Waals surface area contributed by atoms with Gasteiger partial charge in [0.1, 0.15) is 10.8 Å². The Balaban J connectivity index is 1.60. The Bertz CT molecular complexity index is 995. The second-order valence-electron chi connectivity index (χ2n) is 5.87. The number of aromatic nitrogens is 2. The van der Waals surface area contributed by atoms with Gasteiger partial charge in [-0.1, -0.05) is 30.0 Å². The zero-order valence-electron chi connectivity index (χ0n) is 15.2. The monoisotopic (exact) mass is 419 g/mol. The highest BCUT2D eigenvalue weighted by molar-refractivity contribution is 7.99. The van der Waals surface area contributed by atoms with Crippen LogP contribution < -0.4 is 10.1 Å².